The van der Waals surface area contributed by atoms with E-state index in [1.807, 2.05) is 74.9 Å². The Morgan fingerprint density at radius 3 is 2.58 bits per heavy atom. The van der Waals surface area contributed by atoms with Crippen molar-refractivity contribution in [3.8, 4) is 11.3 Å². The Kier molecular flexibility index (Phi) is 6.94. The molecule has 0 bridgehead atoms. The lowest BCUT2D eigenvalue weighted by Gasteiger charge is -2.23. The van der Waals surface area contributed by atoms with E-state index in [2.05, 4.69) is 23.7 Å². The van der Waals surface area contributed by atoms with Crippen LogP contribution in [0.3, 0.4) is 0 Å². The molecule has 0 aliphatic carbocycles. The standard InChI is InChI=1S/C27H31N3O3/c1-5-18(2)15-23(30(3)4)26-29-24(27(31)32-17-19-11-7-6-8-12-19)25(33-26)21-16-28-22-14-10-9-13-20(21)22/h6-14,16,18,23,28H,5,15,17H2,1-4H3/t18-,23+/m1/s1. The van der Waals surface area contributed by atoms with Crippen LogP contribution in [0.25, 0.3) is 22.2 Å². The Hall–Kier alpha value is -3.38. The van der Waals surface area contributed by atoms with E-state index in [9.17, 15) is 4.79 Å². The van der Waals surface area contributed by atoms with Gasteiger partial charge in [-0.25, -0.2) is 9.78 Å². The fourth-order valence-corrected chi connectivity index (χ4v) is 3.93. The van der Waals surface area contributed by atoms with Gasteiger partial charge in [0.2, 0.25) is 5.89 Å². The van der Waals surface area contributed by atoms with E-state index < -0.39 is 5.97 Å². The summed E-state index contributed by atoms with van der Waals surface area (Å²) in [5.74, 6) is 0.980. The molecule has 0 saturated heterocycles. The van der Waals surface area contributed by atoms with Crippen LogP contribution in [-0.4, -0.2) is 34.9 Å². The lowest BCUT2D eigenvalue weighted by Crippen LogP contribution is -2.22. The molecule has 4 rings (SSSR count). The predicted octanol–water partition coefficient (Wildman–Crippen LogP) is 6.22. The van der Waals surface area contributed by atoms with Crippen molar-refractivity contribution in [1.82, 2.24) is 14.9 Å². The number of H-pyrrole nitrogens is 1. The van der Waals surface area contributed by atoms with Crippen LogP contribution < -0.4 is 0 Å². The summed E-state index contributed by atoms with van der Waals surface area (Å²) in [5.41, 5.74) is 2.91. The lowest BCUT2D eigenvalue weighted by atomic mass is 9.98. The summed E-state index contributed by atoms with van der Waals surface area (Å²) in [7, 11) is 4.02. The molecule has 0 amide bonds. The number of benzene rings is 2. The molecule has 2 aromatic carbocycles. The Morgan fingerprint density at radius 1 is 1.12 bits per heavy atom. The molecule has 2 aromatic heterocycles. The van der Waals surface area contributed by atoms with Gasteiger partial charge < -0.3 is 14.1 Å². The van der Waals surface area contributed by atoms with Crippen molar-refractivity contribution in [2.75, 3.05) is 14.1 Å². The molecule has 0 radical (unpaired) electrons. The van der Waals surface area contributed by atoms with Gasteiger partial charge in [0.05, 0.1) is 6.04 Å². The molecule has 2 atom stereocenters. The molecule has 0 aliphatic heterocycles. The number of carbonyl (C=O) groups excluding carboxylic acids is 1. The highest BCUT2D eigenvalue weighted by atomic mass is 16.5. The first kappa shape index (κ1) is 22.8. The first-order chi connectivity index (χ1) is 16.0. The SMILES string of the molecule is CC[C@@H](C)C[C@@H](c1nc(C(=O)OCc2ccccc2)c(-c2c[nH]c3ccccc23)o1)N(C)C. The minimum absolute atomic E-state index is 0.0421. The summed E-state index contributed by atoms with van der Waals surface area (Å²) in [6.07, 6.45) is 3.81. The fraction of sp³-hybridized carbons (Fsp3) is 0.333. The number of ether oxygens (including phenoxy) is 1. The van der Waals surface area contributed by atoms with Crippen LogP contribution in [0, 0.1) is 5.92 Å². The number of aromatic amines is 1. The molecule has 6 heteroatoms. The van der Waals surface area contributed by atoms with Gasteiger partial charge in [-0.1, -0.05) is 68.8 Å². The number of hydrogen-bond acceptors (Lipinski definition) is 5. The summed E-state index contributed by atoms with van der Waals surface area (Å²) >= 11 is 0. The van der Waals surface area contributed by atoms with Gasteiger partial charge in [0.15, 0.2) is 11.5 Å². The monoisotopic (exact) mass is 445 g/mol. The fourth-order valence-electron chi connectivity index (χ4n) is 3.93. The van der Waals surface area contributed by atoms with Crippen molar-refractivity contribution in [2.24, 2.45) is 5.92 Å². The zero-order chi connectivity index (χ0) is 23.4. The molecule has 4 aromatic rings. The second kappa shape index (κ2) is 10.0. The highest BCUT2D eigenvalue weighted by Gasteiger charge is 2.29. The van der Waals surface area contributed by atoms with Gasteiger partial charge in [0, 0.05) is 22.7 Å². The third-order valence-corrected chi connectivity index (χ3v) is 6.11. The quantitative estimate of drug-likeness (QED) is 0.310. The molecule has 33 heavy (non-hydrogen) atoms. The van der Waals surface area contributed by atoms with Gasteiger partial charge in [0.1, 0.15) is 6.61 Å². The largest absolute Gasteiger partial charge is 0.456 e. The van der Waals surface area contributed by atoms with E-state index in [4.69, 9.17) is 14.1 Å². The van der Waals surface area contributed by atoms with E-state index in [1.54, 1.807) is 0 Å². The molecular formula is C27H31N3O3. The number of esters is 1. The maximum Gasteiger partial charge on any atom is 0.361 e. The zero-order valence-electron chi connectivity index (χ0n) is 19.7. The van der Waals surface area contributed by atoms with Gasteiger partial charge >= 0.3 is 5.97 Å². The van der Waals surface area contributed by atoms with Gasteiger partial charge in [-0.15, -0.1) is 0 Å². The molecule has 1 N–H and O–H groups in total. The highest BCUT2D eigenvalue weighted by Crippen LogP contribution is 2.36. The first-order valence-electron chi connectivity index (χ1n) is 11.4. The predicted molar refractivity (Wildman–Crippen MR) is 130 cm³/mol. The average Bonchev–Trinajstić information content (AvgIpc) is 3.45. The van der Waals surface area contributed by atoms with Crippen molar-refractivity contribution < 1.29 is 13.9 Å². The number of nitrogens with one attached hydrogen (secondary N) is 1. The summed E-state index contributed by atoms with van der Waals surface area (Å²) < 4.78 is 12.0. The number of nitrogens with zero attached hydrogens (tertiary/aromatic N) is 2. The van der Waals surface area contributed by atoms with Crippen molar-refractivity contribution in [2.45, 2.75) is 39.3 Å². The lowest BCUT2D eigenvalue weighted by molar-refractivity contribution is 0.0466. The second-order valence-corrected chi connectivity index (χ2v) is 8.77. The summed E-state index contributed by atoms with van der Waals surface area (Å²) in [4.78, 5) is 23.2. The number of fused-ring (bicyclic) bond motifs is 1. The van der Waals surface area contributed by atoms with Crippen molar-refractivity contribution in [1.29, 1.82) is 0 Å². The van der Waals surface area contributed by atoms with Crippen LogP contribution >= 0.6 is 0 Å². The minimum atomic E-state index is -0.491. The smallest absolute Gasteiger partial charge is 0.361 e. The Balaban J connectivity index is 1.73. The van der Waals surface area contributed by atoms with Crippen molar-refractivity contribution >= 4 is 16.9 Å². The first-order valence-corrected chi connectivity index (χ1v) is 11.4. The number of oxazole rings is 1. The summed E-state index contributed by atoms with van der Waals surface area (Å²) in [6.45, 7) is 4.57. The van der Waals surface area contributed by atoms with Crippen LogP contribution in [0.15, 0.2) is 65.2 Å². The summed E-state index contributed by atoms with van der Waals surface area (Å²) in [6, 6.07) is 17.5. The molecule has 0 aliphatic rings. The van der Waals surface area contributed by atoms with E-state index in [-0.39, 0.29) is 18.3 Å². The van der Waals surface area contributed by atoms with E-state index >= 15 is 0 Å². The normalized spacial score (nSPS) is 13.4. The van der Waals surface area contributed by atoms with Gasteiger partial charge in [-0.2, -0.15) is 0 Å². The van der Waals surface area contributed by atoms with Crippen molar-refractivity contribution in [3.05, 3.63) is 77.9 Å². The Morgan fingerprint density at radius 2 is 1.85 bits per heavy atom. The Bertz CT molecular complexity index is 1210. The zero-order valence-corrected chi connectivity index (χ0v) is 19.7. The van der Waals surface area contributed by atoms with E-state index in [1.165, 1.54) is 0 Å². The van der Waals surface area contributed by atoms with E-state index in [0.29, 0.717) is 17.6 Å². The molecule has 6 nitrogen and oxygen atoms in total. The number of hydrogen-bond donors (Lipinski definition) is 1. The number of para-hydroxylation sites is 1. The Labute approximate surface area is 194 Å². The number of aromatic nitrogens is 2. The van der Waals surface area contributed by atoms with Gasteiger partial charge in [-0.05, 0) is 38.1 Å². The number of rotatable bonds is 9. The molecular weight excluding hydrogens is 414 g/mol. The third-order valence-electron chi connectivity index (χ3n) is 6.11. The van der Waals surface area contributed by atoms with E-state index in [0.717, 1.165) is 34.9 Å². The van der Waals surface area contributed by atoms with Gasteiger partial charge in [-0.3, -0.25) is 4.90 Å². The molecule has 0 unspecified atom stereocenters. The van der Waals surface area contributed by atoms with Crippen LogP contribution in [0.1, 0.15) is 54.7 Å². The van der Waals surface area contributed by atoms with Gasteiger partial charge in [0.25, 0.3) is 0 Å². The maximum atomic E-state index is 13.2. The molecule has 2 heterocycles. The second-order valence-electron chi connectivity index (χ2n) is 8.77. The van der Waals surface area contributed by atoms with Crippen LogP contribution in [0.2, 0.25) is 0 Å². The summed E-state index contributed by atoms with van der Waals surface area (Å²) in [5, 5.41) is 0.973. The molecule has 0 spiro atoms. The van der Waals surface area contributed by atoms with Crippen molar-refractivity contribution in [3.63, 3.8) is 0 Å². The van der Waals surface area contributed by atoms with Crippen LogP contribution in [0.4, 0.5) is 0 Å². The van der Waals surface area contributed by atoms with Crippen LogP contribution in [-0.2, 0) is 11.3 Å². The minimum Gasteiger partial charge on any atom is -0.456 e. The molecule has 0 saturated carbocycles. The highest BCUT2D eigenvalue weighted by molar-refractivity contribution is 6.01. The third kappa shape index (κ3) is 5.01. The molecule has 0 fully saturated rings. The maximum absolute atomic E-state index is 13.2. The van der Waals surface area contributed by atoms with Crippen LogP contribution in [0.5, 0.6) is 0 Å². The molecule has 172 valence electrons. The topological polar surface area (TPSA) is 71.4 Å². The number of carbonyl (C=O) groups is 1. The average molecular weight is 446 g/mol.